The summed E-state index contributed by atoms with van der Waals surface area (Å²) in [5.41, 5.74) is 0. The van der Waals surface area contributed by atoms with Gasteiger partial charge in [0.05, 0.1) is 6.54 Å². The zero-order valence-electron chi connectivity index (χ0n) is 13.9. The molecule has 1 saturated heterocycles. The number of likely N-dealkylation sites (N-methyl/N-ethyl adjacent to an activating group) is 2. The molecule has 0 spiro atoms. The van der Waals surface area contributed by atoms with Crippen LogP contribution in [0.3, 0.4) is 0 Å². The van der Waals surface area contributed by atoms with Crippen molar-refractivity contribution in [3.8, 4) is 0 Å². The van der Waals surface area contributed by atoms with Gasteiger partial charge in [0, 0.05) is 33.6 Å². The lowest BCUT2D eigenvalue weighted by molar-refractivity contribution is 0.232. The van der Waals surface area contributed by atoms with Crippen LogP contribution in [-0.2, 0) is 6.54 Å². The van der Waals surface area contributed by atoms with Crippen molar-refractivity contribution in [1.82, 2.24) is 25.3 Å². The lowest BCUT2D eigenvalue weighted by Gasteiger charge is -2.29. The van der Waals surface area contributed by atoms with Gasteiger partial charge in [0.15, 0.2) is 11.8 Å². The summed E-state index contributed by atoms with van der Waals surface area (Å²) >= 11 is 0. The fourth-order valence-corrected chi connectivity index (χ4v) is 2.88. The van der Waals surface area contributed by atoms with Crippen molar-refractivity contribution in [2.45, 2.75) is 39.3 Å². The number of nitrogens with zero attached hydrogens (tertiary/aromatic N) is 5. The number of aliphatic imine (C=N–C) groups is 1. The number of nitrogens with one attached hydrogen (secondary N) is 1. The Balaban J connectivity index is 0.00000242. The quantitative estimate of drug-likeness (QED) is 0.441. The molecule has 0 radical (unpaired) electrons. The summed E-state index contributed by atoms with van der Waals surface area (Å²) in [6.07, 6.45) is 2.56. The van der Waals surface area contributed by atoms with Gasteiger partial charge in [-0.1, -0.05) is 12.1 Å². The van der Waals surface area contributed by atoms with E-state index in [0.717, 1.165) is 19.0 Å². The third kappa shape index (κ3) is 5.08. The van der Waals surface area contributed by atoms with E-state index in [0.29, 0.717) is 24.3 Å². The third-order valence-corrected chi connectivity index (χ3v) is 3.94. The molecule has 8 heteroatoms. The van der Waals surface area contributed by atoms with Crippen LogP contribution in [0.2, 0.25) is 0 Å². The molecule has 0 bridgehead atoms. The minimum atomic E-state index is 0. The normalized spacial score (nSPS) is 19.1. The highest BCUT2D eigenvalue weighted by atomic mass is 127. The molecule has 0 aliphatic carbocycles. The van der Waals surface area contributed by atoms with E-state index in [1.165, 1.54) is 19.4 Å². The summed E-state index contributed by atoms with van der Waals surface area (Å²) in [5, 5.41) is 7.16. The van der Waals surface area contributed by atoms with E-state index in [1.54, 1.807) is 14.0 Å². The van der Waals surface area contributed by atoms with Gasteiger partial charge in [-0.2, -0.15) is 4.98 Å². The smallest absolute Gasteiger partial charge is 0.223 e. The summed E-state index contributed by atoms with van der Waals surface area (Å²) < 4.78 is 4.97. The number of guanidine groups is 1. The predicted molar refractivity (Wildman–Crippen MR) is 97.5 cm³/mol. The van der Waals surface area contributed by atoms with Gasteiger partial charge in [0.1, 0.15) is 0 Å². The largest absolute Gasteiger partial charge is 0.349 e. The minimum Gasteiger partial charge on any atom is -0.349 e. The van der Waals surface area contributed by atoms with E-state index in [-0.39, 0.29) is 24.0 Å². The molecule has 0 saturated carbocycles. The number of aromatic nitrogens is 2. The molecule has 1 aromatic rings. The molecule has 22 heavy (non-hydrogen) atoms. The molecule has 1 aromatic heterocycles. The van der Waals surface area contributed by atoms with Gasteiger partial charge in [0.2, 0.25) is 5.89 Å². The molecule has 1 unspecified atom stereocenters. The van der Waals surface area contributed by atoms with Crippen LogP contribution in [0.5, 0.6) is 0 Å². The molecule has 1 aliphatic heterocycles. The number of halogens is 1. The first-order valence-electron chi connectivity index (χ1n) is 7.59. The standard InChI is InChI=1S/C14H26N6O.HI/c1-5-20-8-6-7-12(20)10-19(4)14(15-3)16-9-13-17-11(2)21-18-13;/h12H,5-10H2,1-4H3,(H,15,16);1H. The highest BCUT2D eigenvalue weighted by Crippen LogP contribution is 2.17. The number of rotatable bonds is 5. The molecule has 1 aliphatic rings. The van der Waals surface area contributed by atoms with Crippen molar-refractivity contribution in [3.63, 3.8) is 0 Å². The van der Waals surface area contributed by atoms with Crippen LogP contribution >= 0.6 is 24.0 Å². The summed E-state index contributed by atoms with van der Waals surface area (Å²) in [7, 11) is 3.87. The molecule has 1 N–H and O–H groups in total. The lowest BCUT2D eigenvalue weighted by Crippen LogP contribution is -2.45. The lowest BCUT2D eigenvalue weighted by atomic mass is 10.2. The average Bonchev–Trinajstić information content (AvgIpc) is 3.08. The SMILES string of the molecule is CCN1CCCC1CN(C)C(=NC)NCc1noc(C)n1.I. The van der Waals surface area contributed by atoms with E-state index < -0.39 is 0 Å². The van der Waals surface area contributed by atoms with Gasteiger partial charge >= 0.3 is 0 Å². The molecular formula is C14H27IN6O. The molecule has 1 atom stereocenters. The number of aryl methyl sites for hydroxylation is 1. The number of hydrogen-bond acceptors (Lipinski definition) is 5. The Labute approximate surface area is 149 Å². The summed E-state index contributed by atoms with van der Waals surface area (Å²) in [6, 6.07) is 0.617. The van der Waals surface area contributed by atoms with Gasteiger partial charge < -0.3 is 14.7 Å². The van der Waals surface area contributed by atoms with E-state index in [4.69, 9.17) is 4.52 Å². The maximum atomic E-state index is 4.97. The Kier molecular flexibility index (Phi) is 8.08. The highest BCUT2D eigenvalue weighted by Gasteiger charge is 2.24. The fraction of sp³-hybridized carbons (Fsp3) is 0.786. The topological polar surface area (TPSA) is 69.8 Å². The Morgan fingerprint density at radius 1 is 1.55 bits per heavy atom. The fourth-order valence-electron chi connectivity index (χ4n) is 2.88. The van der Waals surface area contributed by atoms with Crippen LogP contribution in [0.15, 0.2) is 9.52 Å². The zero-order chi connectivity index (χ0) is 15.2. The van der Waals surface area contributed by atoms with Gasteiger partial charge in [0.25, 0.3) is 0 Å². The monoisotopic (exact) mass is 422 g/mol. The van der Waals surface area contributed by atoms with Crippen LogP contribution in [0, 0.1) is 6.92 Å². The molecule has 2 heterocycles. The van der Waals surface area contributed by atoms with Crippen molar-refractivity contribution in [1.29, 1.82) is 0 Å². The molecule has 2 rings (SSSR count). The van der Waals surface area contributed by atoms with E-state index in [1.807, 2.05) is 0 Å². The number of likely N-dealkylation sites (tertiary alicyclic amines) is 1. The van der Waals surface area contributed by atoms with Crippen LogP contribution in [-0.4, -0.2) is 65.7 Å². The Morgan fingerprint density at radius 3 is 2.91 bits per heavy atom. The maximum Gasteiger partial charge on any atom is 0.223 e. The third-order valence-electron chi connectivity index (χ3n) is 3.94. The van der Waals surface area contributed by atoms with Gasteiger partial charge in [-0.3, -0.25) is 9.89 Å². The van der Waals surface area contributed by atoms with Crippen molar-refractivity contribution in [2.24, 2.45) is 4.99 Å². The van der Waals surface area contributed by atoms with E-state index in [2.05, 4.69) is 44.2 Å². The van der Waals surface area contributed by atoms with E-state index >= 15 is 0 Å². The molecule has 0 aromatic carbocycles. The summed E-state index contributed by atoms with van der Waals surface area (Å²) in [4.78, 5) is 13.2. The van der Waals surface area contributed by atoms with Gasteiger partial charge in [-0.15, -0.1) is 24.0 Å². The van der Waals surface area contributed by atoms with Crippen LogP contribution in [0.4, 0.5) is 0 Å². The van der Waals surface area contributed by atoms with Crippen LogP contribution < -0.4 is 5.32 Å². The minimum absolute atomic E-state index is 0. The van der Waals surface area contributed by atoms with Gasteiger partial charge in [-0.05, 0) is 25.9 Å². The molecule has 126 valence electrons. The molecule has 1 fully saturated rings. The first-order chi connectivity index (χ1) is 10.1. The van der Waals surface area contributed by atoms with Crippen molar-refractivity contribution < 1.29 is 4.52 Å². The first kappa shape index (κ1) is 19.1. The Morgan fingerprint density at radius 2 is 2.32 bits per heavy atom. The molecular weight excluding hydrogens is 395 g/mol. The first-order valence-corrected chi connectivity index (χ1v) is 7.59. The highest BCUT2D eigenvalue weighted by molar-refractivity contribution is 14.0. The predicted octanol–water partition coefficient (Wildman–Crippen LogP) is 1.49. The zero-order valence-corrected chi connectivity index (χ0v) is 16.2. The van der Waals surface area contributed by atoms with Gasteiger partial charge in [-0.25, -0.2) is 0 Å². The van der Waals surface area contributed by atoms with E-state index in [9.17, 15) is 0 Å². The second kappa shape index (κ2) is 9.29. The van der Waals surface area contributed by atoms with Crippen molar-refractivity contribution >= 4 is 29.9 Å². The average molecular weight is 422 g/mol. The summed E-state index contributed by atoms with van der Waals surface area (Å²) in [6.45, 7) is 7.85. The number of hydrogen-bond donors (Lipinski definition) is 1. The molecule has 0 amide bonds. The molecule has 7 nitrogen and oxygen atoms in total. The Hall–Kier alpha value is -0.900. The second-order valence-electron chi connectivity index (χ2n) is 5.44. The summed E-state index contributed by atoms with van der Waals surface area (Å²) in [5.74, 6) is 2.10. The van der Waals surface area contributed by atoms with Crippen molar-refractivity contribution in [2.75, 3.05) is 33.7 Å². The van der Waals surface area contributed by atoms with Crippen molar-refractivity contribution in [3.05, 3.63) is 11.7 Å². The maximum absolute atomic E-state index is 4.97. The van der Waals surface area contributed by atoms with Crippen LogP contribution in [0.1, 0.15) is 31.5 Å². The van der Waals surface area contributed by atoms with Crippen LogP contribution in [0.25, 0.3) is 0 Å². The Bertz CT molecular complexity index is 478. The second-order valence-corrected chi connectivity index (χ2v) is 5.44.